The topological polar surface area (TPSA) is 14.1 Å². The summed E-state index contributed by atoms with van der Waals surface area (Å²) in [7, 11) is 8.06. The molecule has 242 valence electrons. The molecule has 0 saturated heterocycles. The van der Waals surface area contributed by atoms with Gasteiger partial charge in [0.2, 0.25) is 0 Å². The van der Waals surface area contributed by atoms with E-state index in [1.807, 2.05) is 0 Å². The standard InChI is InChI=1S/C22H23NPS.C18H15P.2ClH.Ru/c1-25-22-15-9-8-10-19(22)18-23-16-17-24(20-11-4-2-5-12-20)21-13-6-3-7-14-21;1-4-10-16(11-5-1)19(17-12-6-2-7-13-17)18-14-8-3-9-15-18;;;/h2-15H,16-18H2,1H3;1-15H;2*1H;/q-1;;;;+2. The molecule has 6 aromatic carbocycles. The van der Waals surface area contributed by atoms with Crippen LogP contribution in [0.15, 0.2) is 181 Å². The fourth-order valence-electron chi connectivity index (χ4n) is 5.27. The smallest absolute Gasteiger partial charge is 0.0620 e. The molecule has 0 radical (unpaired) electrons. The minimum absolute atomic E-state index is 0.346. The van der Waals surface area contributed by atoms with E-state index in [4.69, 9.17) is 24.7 Å². The van der Waals surface area contributed by atoms with Crippen LogP contribution >= 0.6 is 47.0 Å². The molecule has 0 atom stereocenters. The van der Waals surface area contributed by atoms with Gasteiger partial charge < -0.3 is 5.32 Å². The van der Waals surface area contributed by atoms with Crippen LogP contribution in [0.1, 0.15) is 5.56 Å². The zero-order valence-electron chi connectivity index (χ0n) is 26.3. The summed E-state index contributed by atoms with van der Waals surface area (Å²) in [5.74, 6) is 0. The third-order valence-corrected chi connectivity index (χ3v) is 13.8. The summed E-state index contributed by atoms with van der Waals surface area (Å²) in [6.07, 6.45) is 3.27. The second kappa shape index (κ2) is 22.4. The van der Waals surface area contributed by atoms with Crippen molar-refractivity contribution in [1.29, 1.82) is 0 Å². The van der Waals surface area contributed by atoms with Crippen molar-refractivity contribution < 1.29 is 15.1 Å². The fourth-order valence-corrected chi connectivity index (χ4v) is 10.9. The Morgan fingerprint density at radius 1 is 0.511 bits per heavy atom. The maximum atomic E-state index is 4.85. The van der Waals surface area contributed by atoms with Crippen LogP contribution < -0.4 is 26.5 Å². The Labute approximate surface area is 303 Å². The summed E-state index contributed by atoms with van der Waals surface area (Å²) in [4.78, 5) is 1.34. The van der Waals surface area contributed by atoms with E-state index in [0.717, 1.165) is 19.3 Å². The van der Waals surface area contributed by atoms with Crippen LogP contribution in [-0.4, -0.2) is 19.0 Å². The molecule has 6 aromatic rings. The van der Waals surface area contributed by atoms with Crippen molar-refractivity contribution in [3.63, 3.8) is 0 Å². The van der Waals surface area contributed by atoms with Crippen molar-refractivity contribution in [2.75, 3.05) is 19.0 Å². The molecule has 0 aliphatic rings. The van der Waals surface area contributed by atoms with Crippen LogP contribution in [0.25, 0.3) is 5.32 Å². The predicted octanol–water partition coefficient (Wildman–Crippen LogP) is 9.70. The van der Waals surface area contributed by atoms with Crippen LogP contribution in [0, 0.1) is 0 Å². The van der Waals surface area contributed by atoms with Gasteiger partial charge in [-0.1, -0.05) is 115 Å². The molecular weight excluding hydrogens is 760 g/mol. The minimum atomic E-state index is -0.877. The number of thioether (sulfide) groups is 1. The molecule has 0 saturated carbocycles. The van der Waals surface area contributed by atoms with Crippen molar-refractivity contribution in [2.24, 2.45) is 0 Å². The Bertz CT molecular complexity index is 1540. The predicted molar refractivity (Wildman–Crippen MR) is 214 cm³/mol. The molecule has 0 N–H and O–H groups in total. The number of hydrogen-bond donors (Lipinski definition) is 0. The van der Waals surface area contributed by atoms with Gasteiger partial charge in [0.1, 0.15) is 15.9 Å². The molecule has 0 fully saturated rings. The van der Waals surface area contributed by atoms with Gasteiger partial charge in [0, 0.05) is 11.1 Å². The number of nitrogens with zero attached hydrogens (tertiary/aromatic N) is 1. The Kier molecular flexibility index (Phi) is 17.8. The first-order valence-corrected chi connectivity index (χ1v) is 24.3. The quantitative estimate of drug-likeness (QED) is 0.0552. The average molecular weight is 801 g/mol. The van der Waals surface area contributed by atoms with Gasteiger partial charge in [-0.2, -0.15) is 0 Å². The Morgan fingerprint density at radius 3 is 1.23 bits per heavy atom. The maximum absolute atomic E-state index is 4.85. The van der Waals surface area contributed by atoms with Crippen LogP contribution in [-0.2, 0) is 21.7 Å². The van der Waals surface area contributed by atoms with E-state index in [0.29, 0.717) is 0 Å². The van der Waals surface area contributed by atoms with Gasteiger partial charge in [0.15, 0.2) is 0 Å². The molecule has 0 unspecified atom stereocenters. The Balaban J connectivity index is 0.000000202. The molecule has 7 heteroatoms. The number of benzene rings is 6. The molecule has 6 rings (SSSR count). The first-order valence-electron chi connectivity index (χ1n) is 15.3. The zero-order valence-corrected chi connectivity index (χ0v) is 32.4. The van der Waals surface area contributed by atoms with Gasteiger partial charge >= 0.3 is 34.5 Å². The first kappa shape index (κ1) is 37.5. The molecule has 0 aliphatic heterocycles. The number of halogens is 2. The summed E-state index contributed by atoms with van der Waals surface area (Å²) < 4.78 is 0. The van der Waals surface area contributed by atoms with Gasteiger partial charge in [0.25, 0.3) is 0 Å². The van der Waals surface area contributed by atoms with Crippen molar-refractivity contribution in [1.82, 2.24) is 0 Å². The Morgan fingerprint density at radius 2 is 0.851 bits per heavy atom. The molecule has 0 aromatic heterocycles. The largest absolute Gasteiger partial charge is 0.102 e. The first-order chi connectivity index (χ1) is 23.2. The van der Waals surface area contributed by atoms with Crippen LogP contribution in [0.5, 0.6) is 0 Å². The van der Waals surface area contributed by atoms with Crippen LogP contribution in [0.3, 0.4) is 0 Å². The minimum Gasteiger partial charge on any atom is -0.0620 e. The molecule has 0 spiro atoms. The number of rotatable bonds is 11. The van der Waals surface area contributed by atoms with Crippen molar-refractivity contribution in [3.8, 4) is 0 Å². The maximum Gasteiger partial charge on any atom is 0.102 e. The van der Waals surface area contributed by atoms with E-state index >= 15 is 0 Å². The third-order valence-electron chi connectivity index (χ3n) is 7.43. The van der Waals surface area contributed by atoms with E-state index in [-0.39, 0.29) is 15.1 Å². The summed E-state index contributed by atoms with van der Waals surface area (Å²) in [5.41, 5.74) is 1.34. The molecule has 0 amide bonds. The van der Waals surface area contributed by atoms with Crippen LogP contribution in [0.4, 0.5) is 0 Å². The monoisotopic (exact) mass is 800 g/mol. The Hall–Kier alpha value is -2.31. The second-order valence-electron chi connectivity index (χ2n) is 10.4. The van der Waals surface area contributed by atoms with Gasteiger partial charge in [-0.3, -0.25) is 0 Å². The zero-order chi connectivity index (χ0) is 32.9. The molecular formula is C40H40Cl2NP2RuS+. The van der Waals surface area contributed by atoms with Crippen molar-refractivity contribution in [2.45, 2.75) is 11.4 Å². The average Bonchev–Trinajstić information content (AvgIpc) is 3.15. The molecule has 0 bridgehead atoms. The van der Waals surface area contributed by atoms with E-state index < -0.39 is 15.8 Å². The number of hydrogen-bond acceptors (Lipinski definition) is 1. The van der Waals surface area contributed by atoms with Crippen molar-refractivity contribution in [3.05, 3.63) is 187 Å². The van der Waals surface area contributed by atoms with Gasteiger partial charge in [-0.25, -0.2) is 0 Å². The second-order valence-corrected chi connectivity index (χ2v) is 19.0. The van der Waals surface area contributed by atoms with E-state index in [1.54, 1.807) is 11.8 Å². The molecule has 1 nitrogen and oxygen atoms in total. The van der Waals surface area contributed by atoms with Gasteiger partial charge in [0.05, 0.1) is 26.5 Å². The van der Waals surface area contributed by atoms with Crippen LogP contribution in [0.2, 0.25) is 0 Å². The van der Waals surface area contributed by atoms with E-state index in [9.17, 15) is 0 Å². The SMILES string of the molecule is CSc1ccccc1C[N-]CC[PH+](c1ccccc1)c1ccccc1.[Cl][Ru][Cl].c1ccc([PH+](c2ccccc2)c2ccccc2)cc1. The molecule has 0 heterocycles. The summed E-state index contributed by atoms with van der Waals surface area (Å²) in [6.45, 7) is 1.73. The van der Waals surface area contributed by atoms with Crippen molar-refractivity contribution >= 4 is 73.5 Å². The molecule has 0 aliphatic carbocycles. The van der Waals surface area contributed by atoms with Gasteiger partial charge in [-0.05, 0) is 73.0 Å². The fraction of sp³-hybridized carbons (Fsp3) is 0.100. The molecule has 47 heavy (non-hydrogen) atoms. The summed E-state index contributed by atoms with van der Waals surface area (Å²) >= 11 is 1.45. The third kappa shape index (κ3) is 12.6. The summed E-state index contributed by atoms with van der Waals surface area (Å²) in [5, 5.41) is 12.1. The normalized spacial score (nSPS) is 10.6. The summed E-state index contributed by atoms with van der Waals surface area (Å²) in [6, 6.07) is 62.9. The van der Waals surface area contributed by atoms with Gasteiger partial charge in [-0.15, -0.1) is 24.9 Å². The van der Waals surface area contributed by atoms with E-state index in [2.05, 4.69) is 182 Å². The van der Waals surface area contributed by atoms with E-state index in [1.165, 1.54) is 37.0 Å².